The predicted molar refractivity (Wildman–Crippen MR) is 130 cm³/mol. The fourth-order valence-corrected chi connectivity index (χ4v) is 2.79. The third kappa shape index (κ3) is 20.6. The molecule has 0 aromatic rings. The summed E-state index contributed by atoms with van der Waals surface area (Å²) in [6.07, 6.45) is 0.0997. The summed E-state index contributed by atoms with van der Waals surface area (Å²) in [6.45, 7) is 1.70. The lowest BCUT2D eigenvalue weighted by molar-refractivity contribution is -0.130. The van der Waals surface area contributed by atoms with Crippen LogP contribution in [0.3, 0.4) is 0 Å². The number of nitrogens with one attached hydrogen (secondary N) is 3. The number of hydrogen-bond acceptors (Lipinski definition) is 10. The molecule has 1 atom stereocenters. The zero-order valence-corrected chi connectivity index (χ0v) is 21.5. The summed E-state index contributed by atoms with van der Waals surface area (Å²) in [5, 5.41) is 10.4. The van der Waals surface area contributed by atoms with Gasteiger partial charge >= 0.3 is 0 Å². The first-order valence-electron chi connectivity index (χ1n) is 12.0. The third-order valence-electron chi connectivity index (χ3n) is 4.85. The van der Waals surface area contributed by atoms with Crippen LogP contribution in [0.1, 0.15) is 44.9 Å². The summed E-state index contributed by atoms with van der Waals surface area (Å²) in [5.74, 6) is -1.53. The molecule has 0 rings (SSSR count). The van der Waals surface area contributed by atoms with E-state index in [1.807, 2.05) is 0 Å². The summed E-state index contributed by atoms with van der Waals surface area (Å²) < 4.78 is 15.8. The van der Waals surface area contributed by atoms with E-state index < -0.39 is 11.9 Å². The van der Waals surface area contributed by atoms with Crippen molar-refractivity contribution < 1.29 is 43.0 Å². The van der Waals surface area contributed by atoms with Gasteiger partial charge in [-0.25, -0.2) is 0 Å². The van der Waals surface area contributed by atoms with Crippen LogP contribution in [0.4, 0.5) is 0 Å². The average molecular weight is 531 g/mol. The number of amides is 3. The Bertz CT molecular complexity index is 759. The van der Waals surface area contributed by atoms with Crippen molar-refractivity contribution in [2.24, 2.45) is 5.28 Å². The van der Waals surface area contributed by atoms with E-state index in [0.717, 1.165) is 0 Å². The molecular formula is C22H38N6O9. The largest absolute Gasteiger partial charge is 0.431 e. The minimum atomic E-state index is -0.915. The molecule has 3 N–H and O–H groups in total. The van der Waals surface area contributed by atoms with Crippen LogP contribution < -0.4 is 16.0 Å². The van der Waals surface area contributed by atoms with Gasteiger partial charge in [0.2, 0.25) is 17.7 Å². The highest BCUT2D eigenvalue weighted by molar-refractivity contribution is 5.92. The van der Waals surface area contributed by atoms with E-state index in [1.54, 1.807) is 0 Å². The highest BCUT2D eigenvalue weighted by atomic mass is 16.7. The summed E-state index contributed by atoms with van der Waals surface area (Å²) >= 11 is 0. The SMILES string of the molecule is CNC(=O)CCC(=O)CC[C@H](NC(=O)CCOCCOCCOCCON=[N+]=[N-])C(=O)CCC(=O)NC. The second-order valence-corrected chi connectivity index (χ2v) is 7.60. The standard InChI is InChI=1S/C22H38N6O9/c1-24-20(31)7-4-17(29)3-5-18(19(30)6-8-21(32)25-2)26-22(33)9-10-34-11-12-35-13-14-36-15-16-37-28-27-23/h18H,3-16H2,1-2H3,(H,24,31)(H,25,32)(H,26,33)/t18-/m0/s1. The summed E-state index contributed by atoms with van der Waals surface area (Å²) in [4.78, 5) is 66.6. The number of Topliss-reactive ketones (excluding diaryl/α,β-unsaturated/α-hetero) is 2. The van der Waals surface area contributed by atoms with Gasteiger partial charge in [-0.1, -0.05) is 0 Å². The first-order valence-corrected chi connectivity index (χ1v) is 12.0. The molecule has 0 saturated heterocycles. The quantitative estimate of drug-likeness (QED) is 0.0508. The molecule has 0 aliphatic heterocycles. The molecule has 3 amide bonds. The van der Waals surface area contributed by atoms with Crippen molar-refractivity contribution >= 4 is 29.3 Å². The summed E-state index contributed by atoms with van der Waals surface area (Å²) in [6, 6.07) is -0.915. The number of carbonyl (C=O) groups excluding carboxylic acids is 5. The van der Waals surface area contributed by atoms with Crippen LogP contribution in [0.15, 0.2) is 5.28 Å². The number of nitrogens with zero attached hydrogens (tertiary/aromatic N) is 3. The smallest absolute Gasteiger partial charge is 0.222 e. The zero-order chi connectivity index (χ0) is 27.7. The molecule has 0 aromatic carbocycles. The van der Waals surface area contributed by atoms with Gasteiger partial charge in [-0.05, 0) is 12.0 Å². The lowest BCUT2D eigenvalue weighted by Gasteiger charge is -2.17. The molecule has 0 radical (unpaired) electrons. The van der Waals surface area contributed by atoms with Crippen molar-refractivity contribution in [3.8, 4) is 0 Å². The lowest BCUT2D eigenvalue weighted by atomic mass is 9.99. The highest BCUT2D eigenvalue weighted by Crippen LogP contribution is 2.08. The van der Waals surface area contributed by atoms with Crippen molar-refractivity contribution in [3.05, 3.63) is 10.4 Å². The molecule has 0 aliphatic carbocycles. The van der Waals surface area contributed by atoms with Crippen molar-refractivity contribution in [1.82, 2.24) is 16.0 Å². The van der Waals surface area contributed by atoms with Crippen molar-refractivity contribution in [1.29, 1.82) is 0 Å². The number of azide groups is 1. The van der Waals surface area contributed by atoms with Gasteiger partial charge in [0.25, 0.3) is 0 Å². The van der Waals surface area contributed by atoms with Crippen molar-refractivity contribution in [2.75, 3.05) is 60.3 Å². The molecule has 0 fully saturated rings. The number of ketones is 2. The van der Waals surface area contributed by atoms with Gasteiger partial charge < -0.3 is 35.0 Å². The van der Waals surface area contributed by atoms with Gasteiger partial charge in [-0.3, -0.25) is 24.0 Å². The van der Waals surface area contributed by atoms with E-state index in [9.17, 15) is 24.0 Å². The van der Waals surface area contributed by atoms with Crippen molar-refractivity contribution in [2.45, 2.75) is 51.0 Å². The molecule has 37 heavy (non-hydrogen) atoms. The van der Waals surface area contributed by atoms with Crippen molar-refractivity contribution in [3.63, 3.8) is 0 Å². The molecule has 15 nitrogen and oxygen atoms in total. The third-order valence-corrected chi connectivity index (χ3v) is 4.85. The maximum absolute atomic E-state index is 12.6. The summed E-state index contributed by atoms with van der Waals surface area (Å²) in [5.41, 5.74) is 8.03. The van der Waals surface area contributed by atoms with Crippen LogP contribution >= 0.6 is 0 Å². The fourth-order valence-electron chi connectivity index (χ4n) is 2.79. The molecule has 0 aromatic heterocycles. The molecule has 0 aliphatic rings. The van der Waals surface area contributed by atoms with E-state index in [1.165, 1.54) is 14.1 Å². The molecule has 0 bridgehead atoms. The van der Waals surface area contributed by atoms with Crippen LogP contribution in [0.2, 0.25) is 0 Å². The van der Waals surface area contributed by atoms with Gasteiger partial charge in [0, 0.05) is 57.5 Å². The first-order chi connectivity index (χ1) is 17.8. The highest BCUT2D eigenvalue weighted by Gasteiger charge is 2.22. The van der Waals surface area contributed by atoms with Crippen LogP contribution in [0.25, 0.3) is 10.4 Å². The maximum Gasteiger partial charge on any atom is 0.222 e. The average Bonchev–Trinajstić information content (AvgIpc) is 2.90. The van der Waals surface area contributed by atoms with Gasteiger partial charge in [-0.2, -0.15) is 0 Å². The molecule has 0 saturated carbocycles. The number of ether oxygens (including phenoxy) is 3. The molecule has 210 valence electrons. The monoisotopic (exact) mass is 530 g/mol. The van der Waals surface area contributed by atoms with Gasteiger partial charge in [0.05, 0.1) is 45.7 Å². The van der Waals surface area contributed by atoms with Crippen LogP contribution in [0.5, 0.6) is 0 Å². The maximum atomic E-state index is 12.6. The van der Waals surface area contributed by atoms with Crippen LogP contribution in [-0.2, 0) is 43.0 Å². The molecule has 0 spiro atoms. The lowest BCUT2D eigenvalue weighted by Crippen LogP contribution is -2.42. The number of rotatable bonds is 24. The van der Waals surface area contributed by atoms with Gasteiger partial charge in [0.1, 0.15) is 17.7 Å². The first kappa shape index (κ1) is 33.7. The minimum absolute atomic E-state index is 0.00185. The minimum Gasteiger partial charge on any atom is -0.431 e. The second-order valence-electron chi connectivity index (χ2n) is 7.60. The number of carbonyl (C=O) groups is 5. The van der Waals surface area contributed by atoms with E-state index in [2.05, 4.69) is 31.0 Å². The van der Waals surface area contributed by atoms with Gasteiger partial charge in [-0.15, -0.1) is 0 Å². The van der Waals surface area contributed by atoms with E-state index in [-0.39, 0.29) is 94.8 Å². The molecular weight excluding hydrogens is 492 g/mol. The van der Waals surface area contributed by atoms with Gasteiger partial charge in [0.15, 0.2) is 5.78 Å². The van der Waals surface area contributed by atoms with Crippen LogP contribution in [-0.4, -0.2) is 95.7 Å². The molecule has 0 heterocycles. The Labute approximate surface area is 215 Å². The van der Waals surface area contributed by atoms with E-state index in [4.69, 9.17) is 19.7 Å². The second kappa shape index (κ2) is 23.2. The molecule has 15 heteroatoms. The molecule has 0 unspecified atom stereocenters. The number of hydrogen-bond donors (Lipinski definition) is 3. The Hall–Kier alpha value is -3.26. The van der Waals surface area contributed by atoms with E-state index in [0.29, 0.717) is 19.8 Å². The predicted octanol–water partition coefficient (Wildman–Crippen LogP) is 0.124. The Morgan fingerprint density at radius 3 is 1.81 bits per heavy atom. The Morgan fingerprint density at radius 2 is 1.24 bits per heavy atom. The van der Waals surface area contributed by atoms with E-state index >= 15 is 0 Å². The Balaban J connectivity index is 4.25. The van der Waals surface area contributed by atoms with Crippen LogP contribution in [0, 0.1) is 0 Å². The summed E-state index contributed by atoms with van der Waals surface area (Å²) in [7, 11) is 2.94. The zero-order valence-electron chi connectivity index (χ0n) is 21.5. The topological polar surface area (TPSA) is 207 Å². The Kier molecular flexibility index (Phi) is 21.1. The Morgan fingerprint density at radius 1 is 0.703 bits per heavy atom. The normalized spacial score (nSPS) is 11.1. The fraction of sp³-hybridized carbons (Fsp3) is 0.773.